The molecule has 0 saturated carbocycles. The van der Waals surface area contributed by atoms with Crippen LogP contribution in [0, 0.1) is 5.92 Å². The molecule has 27 heavy (non-hydrogen) atoms. The predicted molar refractivity (Wildman–Crippen MR) is 119 cm³/mol. The highest BCUT2D eigenvalue weighted by atomic mass is 32.1. The summed E-state index contributed by atoms with van der Waals surface area (Å²) >= 11 is 5.78. The van der Waals surface area contributed by atoms with Gasteiger partial charge >= 0.3 is 0 Å². The molecule has 2 aliphatic rings. The van der Waals surface area contributed by atoms with E-state index < -0.39 is 0 Å². The molecular formula is C22H41N3OS. The Labute approximate surface area is 172 Å². The van der Waals surface area contributed by atoms with E-state index in [1.165, 1.54) is 57.8 Å². The number of nitrogens with one attached hydrogen (secondary N) is 1. The Kier molecular flexibility index (Phi) is 12.0. The van der Waals surface area contributed by atoms with Crippen LogP contribution in [0.4, 0.5) is 0 Å². The average Bonchev–Trinajstić information content (AvgIpc) is 2.71. The molecule has 5 heteroatoms. The second-order valence-corrected chi connectivity index (χ2v) is 8.44. The van der Waals surface area contributed by atoms with Crippen LogP contribution in [0.25, 0.3) is 0 Å². The molecule has 1 aliphatic heterocycles. The number of hydrogen-bond donors (Lipinski definition) is 1. The molecule has 156 valence electrons. The summed E-state index contributed by atoms with van der Waals surface area (Å²) in [6.45, 7) is 10.5. The summed E-state index contributed by atoms with van der Waals surface area (Å²) in [6.07, 6.45) is 16.1. The van der Waals surface area contributed by atoms with Gasteiger partial charge in [0.15, 0.2) is 5.11 Å². The lowest BCUT2D eigenvalue weighted by molar-refractivity contribution is 0.0367. The highest BCUT2D eigenvalue weighted by Crippen LogP contribution is 2.19. The van der Waals surface area contributed by atoms with Crippen molar-refractivity contribution in [1.29, 1.82) is 0 Å². The van der Waals surface area contributed by atoms with Crippen molar-refractivity contribution in [3.8, 4) is 0 Å². The van der Waals surface area contributed by atoms with E-state index in [4.69, 9.17) is 17.0 Å². The standard InChI is InChI=1S/C22H41N3OS/c1-2-3-4-5-9-13-23-22(27)25(20-21-11-7-6-8-12-21)15-10-14-24-16-18-26-19-17-24/h6-7,21H,2-5,8-20H2,1H3,(H,23,27). The van der Waals surface area contributed by atoms with Crippen LogP contribution in [-0.4, -0.2) is 67.4 Å². The van der Waals surface area contributed by atoms with Crippen molar-refractivity contribution in [2.45, 2.75) is 64.7 Å². The van der Waals surface area contributed by atoms with Crippen LogP contribution in [-0.2, 0) is 4.74 Å². The smallest absolute Gasteiger partial charge is 0.168 e. The quantitative estimate of drug-likeness (QED) is 0.303. The number of morpholine rings is 1. The summed E-state index contributed by atoms with van der Waals surface area (Å²) in [5, 5.41) is 4.52. The molecule has 1 aliphatic carbocycles. The lowest BCUT2D eigenvalue weighted by Crippen LogP contribution is -2.44. The minimum Gasteiger partial charge on any atom is -0.379 e. The van der Waals surface area contributed by atoms with Crippen molar-refractivity contribution in [3.63, 3.8) is 0 Å². The van der Waals surface area contributed by atoms with Gasteiger partial charge in [-0.05, 0) is 50.2 Å². The first-order valence-electron chi connectivity index (χ1n) is 11.3. The van der Waals surface area contributed by atoms with E-state index in [1.54, 1.807) is 0 Å². The molecule has 2 rings (SSSR count). The van der Waals surface area contributed by atoms with Gasteiger partial charge in [0.25, 0.3) is 0 Å². The van der Waals surface area contributed by atoms with Crippen LogP contribution in [0.2, 0.25) is 0 Å². The molecule has 0 bridgehead atoms. The minimum atomic E-state index is 0.752. The Balaban J connectivity index is 1.71. The molecule has 0 amide bonds. The third kappa shape index (κ3) is 9.91. The number of ether oxygens (including phenoxy) is 1. The maximum atomic E-state index is 5.78. The highest BCUT2D eigenvalue weighted by molar-refractivity contribution is 7.80. The van der Waals surface area contributed by atoms with Gasteiger partial charge in [0.1, 0.15) is 0 Å². The SMILES string of the molecule is CCCCCCCNC(=S)N(CCCN1CCOCC1)CC1CC=CCC1. The second-order valence-electron chi connectivity index (χ2n) is 8.05. The highest BCUT2D eigenvalue weighted by Gasteiger charge is 2.18. The zero-order valence-corrected chi connectivity index (χ0v) is 18.3. The molecule has 0 spiro atoms. The van der Waals surface area contributed by atoms with Gasteiger partial charge in [-0.3, -0.25) is 4.90 Å². The van der Waals surface area contributed by atoms with E-state index in [2.05, 4.69) is 34.2 Å². The Bertz CT molecular complexity index is 424. The lowest BCUT2D eigenvalue weighted by atomic mass is 9.94. The van der Waals surface area contributed by atoms with Crippen molar-refractivity contribution >= 4 is 17.3 Å². The monoisotopic (exact) mass is 395 g/mol. The van der Waals surface area contributed by atoms with Crippen LogP contribution >= 0.6 is 12.2 Å². The van der Waals surface area contributed by atoms with Crippen LogP contribution in [0.15, 0.2) is 12.2 Å². The van der Waals surface area contributed by atoms with Gasteiger partial charge in [0.05, 0.1) is 13.2 Å². The van der Waals surface area contributed by atoms with Crippen LogP contribution in [0.1, 0.15) is 64.7 Å². The maximum Gasteiger partial charge on any atom is 0.168 e. The van der Waals surface area contributed by atoms with E-state index in [1.807, 2.05) is 0 Å². The molecule has 1 heterocycles. The molecule has 1 unspecified atom stereocenters. The predicted octanol–water partition coefficient (Wildman–Crippen LogP) is 4.21. The molecule has 0 radical (unpaired) electrons. The molecule has 0 aromatic heterocycles. The number of hydrogen-bond acceptors (Lipinski definition) is 3. The number of thiocarbonyl (C=S) groups is 1. The third-order valence-electron chi connectivity index (χ3n) is 5.71. The van der Waals surface area contributed by atoms with E-state index in [-0.39, 0.29) is 0 Å². The zero-order valence-electron chi connectivity index (χ0n) is 17.5. The van der Waals surface area contributed by atoms with Crippen LogP contribution in [0.5, 0.6) is 0 Å². The molecular weight excluding hydrogens is 354 g/mol. The fourth-order valence-corrected chi connectivity index (χ4v) is 4.22. The van der Waals surface area contributed by atoms with Gasteiger partial charge in [0.2, 0.25) is 0 Å². The van der Waals surface area contributed by atoms with E-state index in [0.717, 1.165) is 63.5 Å². The van der Waals surface area contributed by atoms with Gasteiger partial charge in [-0.2, -0.15) is 0 Å². The molecule has 1 fully saturated rings. The molecule has 4 nitrogen and oxygen atoms in total. The van der Waals surface area contributed by atoms with Crippen LogP contribution in [0.3, 0.4) is 0 Å². The number of allylic oxidation sites excluding steroid dienone is 2. The molecule has 0 aromatic carbocycles. The third-order valence-corrected chi connectivity index (χ3v) is 6.11. The first-order chi connectivity index (χ1) is 13.3. The molecule has 1 atom stereocenters. The topological polar surface area (TPSA) is 27.7 Å². The van der Waals surface area contributed by atoms with Crippen molar-refractivity contribution in [2.75, 3.05) is 52.5 Å². The molecule has 0 aromatic rings. The second kappa shape index (κ2) is 14.4. The van der Waals surface area contributed by atoms with Gasteiger partial charge in [-0.15, -0.1) is 0 Å². The van der Waals surface area contributed by atoms with E-state index in [9.17, 15) is 0 Å². The lowest BCUT2D eigenvalue weighted by Gasteiger charge is -2.32. The van der Waals surface area contributed by atoms with Crippen molar-refractivity contribution in [1.82, 2.24) is 15.1 Å². The average molecular weight is 396 g/mol. The summed E-state index contributed by atoms with van der Waals surface area (Å²) < 4.78 is 5.46. The summed E-state index contributed by atoms with van der Waals surface area (Å²) in [7, 11) is 0. The van der Waals surface area contributed by atoms with Crippen molar-refractivity contribution in [2.24, 2.45) is 5.92 Å². The number of unbranched alkanes of at least 4 members (excludes halogenated alkanes) is 4. The van der Waals surface area contributed by atoms with Crippen molar-refractivity contribution < 1.29 is 4.74 Å². The Morgan fingerprint density at radius 3 is 2.70 bits per heavy atom. The zero-order chi connectivity index (χ0) is 19.2. The van der Waals surface area contributed by atoms with Crippen LogP contribution < -0.4 is 5.32 Å². The van der Waals surface area contributed by atoms with Gasteiger partial charge in [0, 0.05) is 39.3 Å². The normalized spacial score (nSPS) is 20.6. The number of nitrogens with zero attached hydrogens (tertiary/aromatic N) is 2. The van der Waals surface area contributed by atoms with E-state index in [0.29, 0.717) is 0 Å². The maximum absolute atomic E-state index is 5.78. The summed E-state index contributed by atoms with van der Waals surface area (Å²) in [5.41, 5.74) is 0. The summed E-state index contributed by atoms with van der Waals surface area (Å²) in [6, 6.07) is 0. The molecule has 1 saturated heterocycles. The Hall–Kier alpha value is -0.650. The van der Waals surface area contributed by atoms with Gasteiger partial charge in [-0.1, -0.05) is 44.8 Å². The largest absolute Gasteiger partial charge is 0.379 e. The van der Waals surface area contributed by atoms with Crippen molar-refractivity contribution in [3.05, 3.63) is 12.2 Å². The van der Waals surface area contributed by atoms with Gasteiger partial charge in [-0.25, -0.2) is 0 Å². The Morgan fingerprint density at radius 1 is 1.15 bits per heavy atom. The molecule has 1 N–H and O–H groups in total. The fraction of sp³-hybridized carbons (Fsp3) is 0.864. The Morgan fingerprint density at radius 2 is 1.96 bits per heavy atom. The minimum absolute atomic E-state index is 0.752. The first kappa shape index (κ1) is 22.6. The summed E-state index contributed by atoms with van der Waals surface area (Å²) in [4.78, 5) is 4.97. The van der Waals surface area contributed by atoms with E-state index >= 15 is 0 Å². The van der Waals surface area contributed by atoms with Gasteiger partial charge < -0.3 is 15.0 Å². The first-order valence-corrected chi connectivity index (χ1v) is 11.7. The number of rotatable bonds is 12. The fourth-order valence-electron chi connectivity index (χ4n) is 3.96. The summed E-state index contributed by atoms with van der Waals surface area (Å²) in [5.74, 6) is 0.752.